The molecule has 0 saturated carbocycles. The average Bonchev–Trinajstić information content (AvgIpc) is 2.59. The minimum atomic E-state index is -0.355. The van der Waals surface area contributed by atoms with Gasteiger partial charge in [-0.1, -0.05) is 58.4 Å². The molecule has 3 heteroatoms. The van der Waals surface area contributed by atoms with Crippen LogP contribution in [0.25, 0.3) is 11.1 Å². The molecule has 0 aliphatic carbocycles. The number of hydrogen-bond acceptors (Lipinski definition) is 2. The highest BCUT2D eigenvalue weighted by Gasteiger charge is 2.09. The third-order valence-electron chi connectivity index (χ3n) is 3.57. The summed E-state index contributed by atoms with van der Waals surface area (Å²) in [6, 6.07) is 23.0. The largest absolute Gasteiger partial charge is 0.423 e. The number of aryl methyl sites for hydroxylation is 1. The van der Waals surface area contributed by atoms with Gasteiger partial charge in [0.1, 0.15) is 5.75 Å². The Kier molecular flexibility index (Phi) is 4.58. The van der Waals surface area contributed by atoms with Gasteiger partial charge in [0.2, 0.25) is 0 Å². The molecule has 114 valence electrons. The monoisotopic (exact) mass is 366 g/mol. The zero-order valence-corrected chi connectivity index (χ0v) is 14.2. The van der Waals surface area contributed by atoms with Gasteiger partial charge in [-0.2, -0.15) is 0 Å². The molecule has 3 rings (SSSR count). The van der Waals surface area contributed by atoms with Crippen molar-refractivity contribution in [1.29, 1.82) is 0 Å². The maximum atomic E-state index is 12.2. The van der Waals surface area contributed by atoms with E-state index in [1.807, 2.05) is 61.5 Å². The fourth-order valence-corrected chi connectivity index (χ4v) is 2.52. The lowest BCUT2D eigenvalue weighted by Gasteiger charge is -2.07. The summed E-state index contributed by atoms with van der Waals surface area (Å²) >= 11 is 3.43. The molecule has 0 saturated heterocycles. The molecule has 3 aromatic rings. The van der Waals surface area contributed by atoms with Gasteiger partial charge in [0.05, 0.1) is 5.56 Å². The average molecular weight is 367 g/mol. The number of carbonyl (C=O) groups excluding carboxylic acids is 1. The number of carbonyl (C=O) groups is 1. The van der Waals surface area contributed by atoms with E-state index in [9.17, 15) is 4.79 Å². The van der Waals surface area contributed by atoms with Crippen LogP contribution in [0, 0.1) is 6.92 Å². The number of esters is 1. The first-order valence-corrected chi connectivity index (χ1v) is 8.06. The third-order valence-corrected chi connectivity index (χ3v) is 4.46. The fourth-order valence-electron chi connectivity index (χ4n) is 2.28. The first-order chi connectivity index (χ1) is 11.1. The van der Waals surface area contributed by atoms with Gasteiger partial charge in [-0.25, -0.2) is 4.79 Å². The van der Waals surface area contributed by atoms with Crippen molar-refractivity contribution < 1.29 is 9.53 Å². The lowest BCUT2D eigenvalue weighted by Crippen LogP contribution is -2.08. The summed E-state index contributed by atoms with van der Waals surface area (Å²) in [7, 11) is 0. The Bertz CT molecular complexity index is 824. The van der Waals surface area contributed by atoms with Crippen LogP contribution < -0.4 is 4.74 Å². The number of benzene rings is 3. The number of halogens is 1. The van der Waals surface area contributed by atoms with Gasteiger partial charge in [-0.3, -0.25) is 0 Å². The highest BCUT2D eigenvalue weighted by molar-refractivity contribution is 9.10. The summed E-state index contributed by atoms with van der Waals surface area (Å²) in [6.45, 7) is 1.95. The summed E-state index contributed by atoms with van der Waals surface area (Å²) in [4.78, 5) is 12.2. The van der Waals surface area contributed by atoms with Gasteiger partial charge in [-0.15, -0.1) is 0 Å². The minimum absolute atomic E-state index is 0.355. The first kappa shape index (κ1) is 15.5. The van der Waals surface area contributed by atoms with Crippen molar-refractivity contribution in [2.24, 2.45) is 0 Å². The summed E-state index contributed by atoms with van der Waals surface area (Å²) < 4.78 is 6.41. The van der Waals surface area contributed by atoms with Crippen molar-refractivity contribution >= 4 is 21.9 Å². The van der Waals surface area contributed by atoms with Crippen LogP contribution in [0.5, 0.6) is 5.75 Å². The molecule has 0 aliphatic heterocycles. The fraction of sp³-hybridized carbons (Fsp3) is 0.0500. The minimum Gasteiger partial charge on any atom is -0.423 e. The molecule has 0 spiro atoms. The van der Waals surface area contributed by atoms with Gasteiger partial charge in [0, 0.05) is 4.47 Å². The zero-order chi connectivity index (χ0) is 16.2. The first-order valence-electron chi connectivity index (χ1n) is 7.27. The Hall–Kier alpha value is -2.39. The van der Waals surface area contributed by atoms with E-state index in [4.69, 9.17) is 4.74 Å². The Balaban J connectivity index is 1.76. The van der Waals surface area contributed by atoms with Gasteiger partial charge in [0.15, 0.2) is 0 Å². The molecule has 23 heavy (non-hydrogen) atoms. The number of ether oxygens (including phenoxy) is 1. The van der Waals surface area contributed by atoms with Crippen molar-refractivity contribution in [3.8, 4) is 16.9 Å². The van der Waals surface area contributed by atoms with Crippen molar-refractivity contribution in [3.05, 3.63) is 88.4 Å². The van der Waals surface area contributed by atoms with Gasteiger partial charge in [-0.05, 0) is 53.9 Å². The molecular weight excluding hydrogens is 352 g/mol. The lowest BCUT2D eigenvalue weighted by atomic mass is 10.0. The number of rotatable bonds is 3. The highest BCUT2D eigenvalue weighted by Crippen LogP contribution is 2.23. The van der Waals surface area contributed by atoms with Crippen LogP contribution >= 0.6 is 15.9 Å². The highest BCUT2D eigenvalue weighted by atomic mass is 79.9. The summed E-state index contributed by atoms with van der Waals surface area (Å²) in [5, 5.41) is 0. The molecule has 0 heterocycles. The zero-order valence-electron chi connectivity index (χ0n) is 12.6. The predicted molar refractivity (Wildman–Crippen MR) is 95.7 cm³/mol. The van der Waals surface area contributed by atoms with E-state index in [0.29, 0.717) is 11.3 Å². The SMILES string of the molecule is Cc1cc(OC(=O)c2ccc(-c3ccccc3)cc2)ccc1Br. The maximum absolute atomic E-state index is 12.2. The van der Waals surface area contributed by atoms with Gasteiger partial charge in [0.25, 0.3) is 0 Å². The second-order valence-corrected chi connectivity index (χ2v) is 6.10. The Labute approximate surface area is 143 Å². The molecule has 0 fully saturated rings. The van der Waals surface area contributed by atoms with Crippen molar-refractivity contribution in [3.63, 3.8) is 0 Å². The van der Waals surface area contributed by atoms with Crippen molar-refractivity contribution in [2.75, 3.05) is 0 Å². The summed E-state index contributed by atoms with van der Waals surface area (Å²) in [5.41, 5.74) is 3.75. The van der Waals surface area contributed by atoms with E-state index in [-0.39, 0.29) is 5.97 Å². The molecule has 0 atom stereocenters. The molecular formula is C20H15BrO2. The second kappa shape index (κ2) is 6.80. The molecule has 0 aliphatic rings. The smallest absolute Gasteiger partial charge is 0.343 e. The molecule has 0 unspecified atom stereocenters. The molecule has 3 aromatic carbocycles. The third kappa shape index (κ3) is 3.69. The molecule has 0 radical (unpaired) electrons. The van der Waals surface area contributed by atoms with Crippen LogP contribution in [0.15, 0.2) is 77.3 Å². The van der Waals surface area contributed by atoms with E-state index in [0.717, 1.165) is 21.2 Å². The van der Waals surface area contributed by atoms with E-state index >= 15 is 0 Å². The number of hydrogen-bond donors (Lipinski definition) is 0. The Morgan fingerprint density at radius 1 is 0.870 bits per heavy atom. The van der Waals surface area contributed by atoms with Crippen LogP contribution in [0.1, 0.15) is 15.9 Å². The second-order valence-electron chi connectivity index (χ2n) is 5.24. The molecule has 0 bridgehead atoms. The molecule has 0 N–H and O–H groups in total. The Morgan fingerprint density at radius 3 is 2.17 bits per heavy atom. The van der Waals surface area contributed by atoms with Crippen LogP contribution in [0.4, 0.5) is 0 Å². The quantitative estimate of drug-likeness (QED) is 0.442. The summed E-state index contributed by atoms with van der Waals surface area (Å²) in [6.07, 6.45) is 0. The topological polar surface area (TPSA) is 26.3 Å². The van der Waals surface area contributed by atoms with Crippen LogP contribution in [-0.4, -0.2) is 5.97 Å². The van der Waals surface area contributed by atoms with E-state index in [2.05, 4.69) is 15.9 Å². The molecule has 0 amide bonds. The van der Waals surface area contributed by atoms with E-state index in [1.165, 1.54) is 0 Å². The van der Waals surface area contributed by atoms with Crippen molar-refractivity contribution in [1.82, 2.24) is 0 Å². The standard InChI is InChI=1S/C20H15BrO2/c1-14-13-18(11-12-19(14)21)23-20(22)17-9-7-16(8-10-17)15-5-3-2-4-6-15/h2-13H,1H3. The molecule has 0 aromatic heterocycles. The predicted octanol–water partition coefficient (Wildman–Crippen LogP) is 5.64. The van der Waals surface area contributed by atoms with Gasteiger partial charge >= 0.3 is 5.97 Å². The van der Waals surface area contributed by atoms with Crippen molar-refractivity contribution in [2.45, 2.75) is 6.92 Å². The van der Waals surface area contributed by atoms with Gasteiger partial charge < -0.3 is 4.74 Å². The van der Waals surface area contributed by atoms with E-state index in [1.54, 1.807) is 18.2 Å². The van der Waals surface area contributed by atoms with Crippen LogP contribution in [0.2, 0.25) is 0 Å². The summed E-state index contributed by atoms with van der Waals surface area (Å²) in [5.74, 6) is 0.189. The van der Waals surface area contributed by atoms with E-state index < -0.39 is 0 Å². The van der Waals surface area contributed by atoms with Crippen LogP contribution in [-0.2, 0) is 0 Å². The normalized spacial score (nSPS) is 10.3. The lowest BCUT2D eigenvalue weighted by molar-refractivity contribution is 0.0734. The maximum Gasteiger partial charge on any atom is 0.343 e. The Morgan fingerprint density at radius 2 is 1.52 bits per heavy atom. The van der Waals surface area contributed by atoms with Crippen LogP contribution in [0.3, 0.4) is 0 Å². The molecule has 2 nitrogen and oxygen atoms in total.